The maximum Gasteiger partial charge on any atom is 0.271 e. The van der Waals surface area contributed by atoms with Crippen molar-refractivity contribution in [3.63, 3.8) is 0 Å². The van der Waals surface area contributed by atoms with Gasteiger partial charge in [0.05, 0.1) is 0 Å². The summed E-state index contributed by atoms with van der Waals surface area (Å²) >= 11 is 0. The van der Waals surface area contributed by atoms with E-state index in [1.807, 2.05) is 0 Å². The number of nitrogens with one attached hydrogen (secondary N) is 3. The highest BCUT2D eigenvalue weighted by Gasteiger charge is 2.26. The number of anilines is 1. The van der Waals surface area contributed by atoms with E-state index in [1.165, 1.54) is 13.1 Å². The number of amides is 3. The molecule has 100 valence electrons. The molecule has 1 aromatic heterocycles. The standard InChI is InChI=1S/C11H13N5O3/c1-12-10(18)7-2-4-8(16-15-7)13-6-3-5-9(17)14-11(6)19/h2,4,6H,3,5H2,1H3,(H,12,18)(H,13,16)(H,14,17,19). The van der Waals surface area contributed by atoms with Gasteiger partial charge in [-0.05, 0) is 18.6 Å². The molecule has 1 atom stereocenters. The van der Waals surface area contributed by atoms with Gasteiger partial charge < -0.3 is 10.6 Å². The lowest BCUT2D eigenvalue weighted by atomic mass is 10.1. The van der Waals surface area contributed by atoms with Crippen LogP contribution in [0.2, 0.25) is 0 Å². The van der Waals surface area contributed by atoms with E-state index < -0.39 is 6.04 Å². The fourth-order valence-corrected chi connectivity index (χ4v) is 1.67. The van der Waals surface area contributed by atoms with Crippen molar-refractivity contribution in [2.24, 2.45) is 0 Å². The summed E-state index contributed by atoms with van der Waals surface area (Å²) in [6.45, 7) is 0. The molecule has 1 aliphatic rings. The predicted molar refractivity (Wildman–Crippen MR) is 65.2 cm³/mol. The summed E-state index contributed by atoms with van der Waals surface area (Å²) in [5, 5.41) is 15.1. The molecule has 0 bridgehead atoms. The Morgan fingerprint density at radius 1 is 1.37 bits per heavy atom. The monoisotopic (exact) mass is 263 g/mol. The third-order valence-corrected chi connectivity index (χ3v) is 2.69. The molecule has 3 amide bonds. The Bertz CT molecular complexity index is 514. The minimum atomic E-state index is -0.516. The van der Waals surface area contributed by atoms with E-state index in [0.717, 1.165) is 0 Å². The molecular formula is C11H13N5O3. The SMILES string of the molecule is CNC(=O)c1ccc(NC2CCC(=O)NC2=O)nn1. The van der Waals surface area contributed by atoms with Crippen molar-refractivity contribution in [2.45, 2.75) is 18.9 Å². The van der Waals surface area contributed by atoms with Gasteiger partial charge in [0.15, 0.2) is 5.69 Å². The Balaban J connectivity index is 2.01. The highest BCUT2D eigenvalue weighted by atomic mass is 16.2. The molecule has 8 nitrogen and oxygen atoms in total. The van der Waals surface area contributed by atoms with E-state index in [-0.39, 0.29) is 29.8 Å². The number of rotatable bonds is 3. The van der Waals surface area contributed by atoms with Crippen LogP contribution in [-0.4, -0.2) is 41.0 Å². The van der Waals surface area contributed by atoms with Crippen LogP contribution in [0.25, 0.3) is 0 Å². The zero-order valence-corrected chi connectivity index (χ0v) is 10.3. The van der Waals surface area contributed by atoms with Crippen LogP contribution in [0.15, 0.2) is 12.1 Å². The number of carbonyl (C=O) groups is 3. The quantitative estimate of drug-likeness (QED) is 0.606. The average Bonchev–Trinajstić information content (AvgIpc) is 2.42. The van der Waals surface area contributed by atoms with E-state index in [2.05, 4.69) is 26.1 Å². The van der Waals surface area contributed by atoms with Crippen molar-refractivity contribution in [3.05, 3.63) is 17.8 Å². The van der Waals surface area contributed by atoms with Gasteiger partial charge in [0, 0.05) is 13.5 Å². The van der Waals surface area contributed by atoms with Crippen LogP contribution in [-0.2, 0) is 9.59 Å². The number of aromatic nitrogens is 2. The largest absolute Gasteiger partial charge is 0.357 e. The second-order valence-corrected chi connectivity index (χ2v) is 4.03. The van der Waals surface area contributed by atoms with Gasteiger partial charge in [-0.1, -0.05) is 0 Å². The molecule has 2 heterocycles. The van der Waals surface area contributed by atoms with Gasteiger partial charge in [0.25, 0.3) is 5.91 Å². The van der Waals surface area contributed by atoms with Crippen LogP contribution in [0.4, 0.5) is 5.82 Å². The molecule has 1 saturated heterocycles. The van der Waals surface area contributed by atoms with Crippen LogP contribution < -0.4 is 16.0 Å². The summed E-state index contributed by atoms with van der Waals surface area (Å²) in [5.74, 6) is -0.611. The van der Waals surface area contributed by atoms with Gasteiger partial charge in [0.2, 0.25) is 11.8 Å². The van der Waals surface area contributed by atoms with Gasteiger partial charge in [0.1, 0.15) is 11.9 Å². The first kappa shape index (κ1) is 12.9. The molecular weight excluding hydrogens is 250 g/mol. The third-order valence-electron chi connectivity index (χ3n) is 2.69. The molecule has 1 unspecified atom stereocenters. The van der Waals surface area contributed by atoms with Crippen molar-refractivity contribution in [1.29, 1.82) is 0 Å². The van der Waals surface area contributed by atoms with Crippen molar-refractivity contribution < 1.29 is 14.4 Å². The minimum Gasteiger partial charge on any atom is -0.357 e. The Labute approximate surface area is 109 Å². The number of imide groups is 1. The van der Waals surface area contributed by atoms with Crippen molar-refractivity contribution >= 4 is 23.5 Å². The lowest BCUT2D eigenvalue weighted by Crippen LogP contribution is -2.47. The summed E-state index contributed by atoms with van der Waals surface area (Å²) in [7, 11) is 1.50. The number of carbonyl (C=O) groups excluding carboxylic acids is 3. The van der Waals surface area contributed by atoms with Crippen LogP contribution >= 0.6 is 0 Å². The first-order chi connectivity index (χ1) is 9.10. The Morgan fingerprint density at radius 2 is 2.16 bits per heavy atom. The molecule has 0 radical (unpaired) electrons. The molecule has 1 aromatic rings. The van der Waals surface area contributed by atoms with Crippen LogP contribution in [0.3, 0.4) is 0 Å². The van der Waals surface area contributed by atoms with E-state index in [1.54, 1.807) is 6.07 Å². The Hall–Kier alpha value is -2.51. The zero-order valence-electron chi connectivity index (χ0n) is 10.3. The lowest BCUT2D eigenvalue weighted by Gasteiger charge is -2.21. The number of nitrogens with zero attached hydrogens (tertiary/aromatic N) is 2. The topological polar surface area (TPSA) is 113 Å². The van der Waals surface area contributed by atoms with Crippen molar-refractivity contribution in [3.8, 4) is 0 Å². The smallest absolute Gasteiger partial charge is 0.271 e. The molecule has 2 rings (SSSR count). The predicted octanol–water partition coefficient (Wildman–Crippen LogP) is -0.947. The van der Waals surface area contributed by atoms with Crippen molar-refractivity contribution in [2.75, 3.05) is 12.4 Å². The Kier molecular flexibility index (Phi) is 3.69. The maximum atomic E-state index is 11.5. The molecule has 0 saturated carbocycles. The van der Waals surface area contributed by atoms with E-state index in [0.29, 0.717) is 12.2 Å². The van der Waals surface area contributed by atoms with E-state index in [4.69, 9.17) is 0 Å². The summed E-state index contributed by atoms with van der Waals surface area (Å²) in [6.07, 6.45) is 0.691. The molecule has 0 aromatic carbocycles. The van der Waals surface area contributed by atoms with Crippen LogP contribution in [0.1, 0.15) is 23.3 Å². The summed E-state index contributed by atoms with van der Waals surface area (Å²) in [5.41, 5.74) is 0.191. The molecule has 3 N–H and O–H groups in total. The fraction of sp³-hybridized carbons (Fsp3) is 0.364. The first-order valence-corrected chi connectivity index (χ1v) is 5.76. The molecule has 8 heteroatoms. The van der Waals surface area contributed by atoms with Crippen LogP contribution in [0, 0.1) is 0 Å². The Morgan fingerprint density at radius 3 is 2.74 bits per heavy atom. The number of piperidine rings is 1. The molecule has 1 aliphatic heterocycles. The number of hydrogen-bond donors (Lipinski definition) is 3. The second kappa shape index (κ2) is 5.42. The van der Waals surface area contributed by atoms with Gasteiger partial charge in [-0.2, -0.15) is 0 Å². The van der Waals surface area contributed by atoms with E-state index >= 15 is 0 Å². The summed E-state index contributed by atoms with van der Waals surface area (Å²) in [6, 6.07) is 2.54. The number of hydrogen-bond acceptors (Lipinski definition) is 6. The summed E-state index contributed by atoms with van der Waals surface area (Å²) < 4.78 is 0. The minimum absolute atomic E-state index is 0.191. The molecule has 1 fully saturated rings. The van der Waals surface area contributed by atoms with E-state index in [9.17, 15) is 14.4 Å². The van der Waals surface area contributed by atoms with Gasteiger partial charge >= 0.3 is 0 Å². The van der Waals surface area contributed by atoms with Gasteiger partial charge in [-0.15, -0.1) is 10.2 Å². The maximum absolute atomic E-state index is 11.5. The third kappa shape index (κ3) is 3.03. The first-order valence-electron chi connectivity index (χ1n) is 5.76. The highest BCUT2D eigenvalue weighted by Crippen LogP contribution is 2.11. The average molecular weight is 263 g/mol. The molecule has 19 heavy (non-hydrogen) atoms. The second-order valence-electron chi connectivity index (χ2n) is 4.03. The van der Waals surface area contributed by atoms with Gasteiger partial charge in [-0.3, -0.25) is 19.7 Å². The lowest BCUT2D eigenvalue weighted by molar-refractivity contribution is -0.133. The summed E-state index contributed by atoms with van der Waals surface area (Å²) in [4.78, 5) is 33.8. The molecule has 0 aliphatic carbocycles. The van der Waals surface area contributed by atoms with Crippen molar-refractivity contribution in [1.82, 2.24) is 20.8 Å². The van der Waals surface area contributed by atoms with Crippen LogP contribution in [0.5, 0.6) is 0 Å². The van der Waals surface area contributed by atoms with Gasteiger partial charge in [-0.25, -0.2) is 0 Å². The molecule has 0 spiro atoms. The fourth-order valence-electron chi connectivity index (χ4n) is 1.67. The highest BCUT2D eigenvalue weighted by molar-refractivity contribution is 6.01. The zero-order chi connectivity index (χ0) is 13.8. The normalized spacial score (nSPS) is 18.7.